The number of H-pyrrole nitrogens is 1. The minimum Gasteiger partial charge on any atom is -0.207 e. The van der Waals surface area contributed by atoms with Crippen LogP contribution in [0.1, 0.15) is 31.2 Å². The molecule has 8 heteroatoms. The Morgan fingerprint density at radius 2 is 2.14 bits per heavy atom. The number of nitrogens with one attached hydrogen (secondary N) is 1. The summed E-state index contributed by atoms with van der Waals surface area (Å²) in [4.78, 5) is 0.310. The molecule has 2 rings (SSSR count). The van der Waals surface area contributed by atoms with Gasteiger partial charge in [-0.05, 0) is 24.1 Å². The van der Waals surface area contributed by atoms with Gasteiger partial charge in [0.2, 0.25) is 10.0 Å². The van der Waals surface area contributed by atoms with Gasteiger partial charge in [0.05, 0.1) is 4.90 Å². The second-order valence-corrected chi connectivity index (χ2v) is 7.00. The SMILES string of the molecule is CCc1cccc(S(=O)(=O)N(C)C[C@H](C)c2nn[nH]n2)c1. The van der Waals surface area contributed by atoms with E-state index in [1.165, 1.54) is 4.31 Å². The molecule has 0 saturated carbocycles. The number of aromatic nitrogens is 4. The van der Waals surface area contributed by atoms with Crippen molar-refractivity contribution in [1.29, 1.82) is 0 Å². The van der Waals surface area contributed by atoms with Crippen LogP contribution in [0.5, 0.6) is 0 Å². The van der Waals surface area contributed by atoms with Crippen molar-refractivity contribution in [2.75, 3.05) is 13.6 Å². The van der Waals surface area contributed by atoms with E-state index < -0.39 is 10.0 Å². The zero-order valence-electron chi connectivity index (χ0n) is 12.3. The van der Waals surface area contributed by atoms with Gasteiger partial charge in [-0.3, -0.25) is 0 Å². The van der Waals surface area contributed by atoms with Crippen LogP contribution in [-0.4, -0.2) is 46.9 Å². The van der Waals surface area contributed by atoms with E-state index in [-0.39, 0.29) is 12.5 Å². The number of tetrazole rings is 1. The summed E-state index contributed by atoms with van der Waals surface area (Å²) in [5, 5.41) is 13.6. The van der Waals surface area contributed by atoms with Gasteiger partial charge in [-0.2, -0.15) is 5.21 Å². The van der Waals surface area contributed by atoms with Crippen molar-refractivity contribution in [2.45, 2.75) is 31.1 Å². The zero-order chi connectivity index (χ0) is 15.5. The monoisotopic (exact) mass is 309 g/mol. The Kier molecular flexibility index (Phi) is 4.69. The Hall–Kier alpha value is -1.80. The molecular weight excluding hydrogens is 290 g/mol. The maximum atomic E-state index is 12.6. The summed E-state index contributed by atoms with van der Waals surface area (Å²) >= 11 is 0. The Balaban J connectivity index is 2.18. The van der Waals surface area contributed by atoms with E-state index in [9.17, 15) is 8.42 Å². The topological polar surface area (TPSA) is 91.8 Å². The molecular formula is C13H19N5O2S. The molecule has 0 bridgehead atoms. The highest BCUT2D eigenvalue weighted by Crippen LogP contribution is 2.19. The summed E-state index contributed by atoms with van der Waals surface area (Å²) in [5.74, 6) is 0.359. The lowest BCUT2D eigenvalue weighted by Crippen LogP contribution is -2.30. The molecule has 1 atom stereocenters. The van der Waals surface area contributed by atoms with Crippen molar-refractivity contribution in [3.8, 4) is 0 Å². The van der Waals surface area contributed by atoms with Crippen LogP contribution < -0.4 is 0 Å². The van der Waals surface area contributed by atoms with Crippen molar-refractivity contribution >= 4 is 10.0 Å². The van der Waals surface area contributed by atoms with Gasteiger partial charge in [-0.25, -0.2) is 12.7 Å². The summed E-state index contributed by atoms with van der Waals surface area (Å²) in [5.41, 5.74) is 0.996. The van der Waals surface area contributed by atoms with Crippen molar-refractivity contribution in [2.24, 2.45) is 0 Å². The predicted molar refractivity (Wildman–Crippen MR) is 78.2 cm³/mol. The number of likely N-dealkylation sites (N-methyl/N-ethyl adjacent to an activating group) is 1. The maximum absolute atomic E-state index is 12.6. The third-order valence-corrected chi connectivity index (χ3v) is 5.17. The van der Waals surface area contributed by atoms with Gasteiger partial charge in [0.15, 0.2) is 5.82 Å². The summed E-state index contributed by atoms with van der Waals surface area (Å²) in [6.07, 6.45) is 0.798. The third kappa shape index (κ3) is 3.45. The second kappa shape index (κ2) is 6.31. The summed E-state index contributed by atoms with van der Waals surface area (Å²) in [7, 11) is -1.95. The van der Waals surface area contributed by atoms with Crippen LogP contribution in [0, 0.1) is 0 Å². The number of hydrogen-bond donors (Lipinski definition) is 1. The molecule has 0 saturated heterocycles. The largest absolute Gasteiger partial charge is 0.242 e. The Morgan fingerprint density at radius 1 is 1.38 bits per heavy atom. The molecule has 0 aliphatic carbocycles. The second-order valence-electron chi connectivity index (χ2n) is 4.96. The summed E-state index contributed by atoms with van der Waals surface area (Å²) < 4.78 is 26.5. The Bertz CT molecular complexity index is 684. The molecule has 0 unspecified atom stereocenters. The van der Waals surface area contributed by atoms with E-state index in [1.807, 2.05) is 19.9 Å². The van der Waals surface area contributed by atoms with Crippen LogP contribution in [0.2, 0.25) is 0 Å². The minimum absolute atomic E-state index is 0.141. The molecule has 1 aromatic heterocycles. The average Bonchev–Trinajstić information content (AvgIpc) is 3.01. The van der Waals surface area contributed by atoms with Crippen molar-refractivity contribution in [3.05, 3.63) is 35.7 Å². The van der Waals surface area contributed by atoms with Crippen LogP contribution in [0.25, 0.3) is 0 Å². The molecule has 0 aliphatic rings. The van der Waals surface area contributed by atoms with Crippen molar-refractivity contribution in [1.82, 2.24) is 24.9 Å². The standard InChI is InChI=1S/C13H19N5O2S/c1-4-11-6-5-7-12(8-11)21(19,20)18(3)9-10(2)13-14-16-17-15-13/h5-8,10H,4,9H2,1-3H3,(H,14,15,16,17)/t10-/m0/s1. The number of sulfonamides is 1. The lowest BCUT2D eigenvalue weighted by atomic mass is 10.2. The first kappa shape index (κ1) is 15.6. The van der Waals surface area contributed by atoms with Crippen LogP contribution in [0.4, 0.5) is 0 Å². The van der Waals surface area contributed by atoms with Gasteiger partial charge < -0.3 is 0 Å². The van der Waals surface area contributed by atoms with Gasteiger partial charge in [0, 0.05) is 19.5 Å². The van der Waals surface area contributed by atoms with Crippen LogP contribution in [0.15, 0.2) is 29.2 Å². The lowest BCUT2D eigenvalue weighted by Gasteiger charge is -2.20. The first-order valence-corrected chi connectivity index (χ1v) is 8.17. The molecule has 1 aromatic carbocycles. The van der Waals surface area contributed by atoms with E-state index in [2.05, 4.69) is 20.6 Å². The van der Waals surface area contributed by atoms with Gasteiger partial charge >= 0.3 is 0 Å². The minimum atomic E-state index is -3.51. The fourth-order valence-electron chi connectivity index (χ4n) is 2.05. The fraction of sp³-hybridized carbons (Fsp3) is 0.462. The smallest absolute Gasteiger partial charge is 0.207 e. The highest BCUT2D eigenvalue weighted by Gasteiger charge is 2.24. The lowest BCUT2D eigenvalue weighted by molar-refractivity contribution is 0.439. The first-order valence-electron chi connectivity index (χ1n) is 6.73. The molecule has 0 amide bonds. The van der Waals surface area contributed by atoms with Crippen molar-refractivity contribution in [3.63, 3.8) is 0 Å². The molecule has 0 aliphatic heterocycles. The average molecular weight is 309 g/mol. The number of rotatable bonds is 6. The quantitative estimate of drug-likeness (QED) is 0.865. The van der Waals surface area contributed by atoms with E-state index in [0.29, 0.717) is 10.7 Å². The molecule has 1 heterocycles. The molecule has 0 radical (unpaired) electrons. The molecule has 0 spiro atoms. The number of aromatic amines is 1. The van der Waals surface area contributed by atoms with Gasteiger partial charge in [-0.1, -0.05) is 31.2 Å². The first-order chi connectivity index (χ1) is 9.95. The summed E-state index contributed by atoms with van der Waals surface area (Å²) in [6.45, 7) is 4.14. The Morgan fingerprint density at radius 3 is 2.76 bits per heavy atom. The fourth-order valence-corrected chi connectivity index (χ4v) is 3.38. The molecule has 7 nitrogen and oxygen atoms in total. The number of benzene rings is 1. The van der Waals surface area contributed by atoms with Crippen LogP contribution >= 0.6 is 0 Å². The molecule has 1 N–H and O–H groups in total. The zero-order valence-corrected chi connectivity index (χ0v) is 13.1. The molecule has 2 aromatic rings. The number of nitrogens with zero attached hydrogens (tertiary/aromatic N) is 4. The number of hydrogen-bond acceptors (Lipinski definition) is 5. The van der Waals surface area contributed by atoms with Gasteiger partial charge in [0.25, 0.3) is 0 Å². The normalized spacial score (nSPS) is 13.5. The van der Waals surface area contributed by atoms with E-state index in [4.69, 9.17) is 0 Å². The molecule has 114 valence electrons. The van der Waals surface area contributed by atoms with Crippen molar-refractivity contribution < 1.29 is 8.42 Å². The van der Waals surface area contributed by atoms with Gasteiger partial charge in [0.1, 0.15) is 0 Å². The Labute approximate surface area is 124 Å². The van der Waals surface area contributed by atoms with Crippen LogP contribution in [0.3, 0.4) is 0 Å². The maximum Gasteiger partial charge on any atom is 0.242 e. The third-order valence-electron chi connectivity index (χ3n) is 3.35. The highest BCUT2D eigenvalue weighted by molar-refractivity contribution is 7.89. The number of aryl methyl sites for hydroxylation is 1. The summed E-state index contributed by atoms with van der Waals surface area (Å²) in [6, 6.07) is 7.01. The highest BCUT2D eigenvalue weighted by atomic mass is 32.2. The van der Waals surface area contributed by atoms with E-state index in [1.54, 1.807) is 25.2 Å². The van der Waals surface area contributed by atoms with Gasteiger partial charge in [-0.15, -0.1) is 10.2 Å². The van der Waals surface area contributed by atoms with E-state index in [0.717, 1.165) is 12.0 Å². The van der Waals surface area contributed by atoms with E-state index >= 15 is 0 Å². The van der Waals surface area contributed by atoms with Crippen LogP contribution in [-0.2, 0) is 16.4 Å². The predicted octanol–water partition coefficient (Wildman–Crippen LogP) is 1.19. The molecule has 21 heavy (non-hydrogen) atoms. The molecule has 0 fully saturated rings.